The van der Waals surface area contributed by atoms with Crippen molar-refractivity contribution < 1.29 is 14.8 Å². The van der Waals surface area contributed by atoms with E-state index >= 15 is 0 Å². The Hall–Kier alpha value is -2.14. The highest BCUT2D eigenvalue weighted by Crippen LogP contribution is 2.17. The molecule has 1 rings (SSSR count). The van der Waals surface area contributed by atoms with Gasteiger partial charge in [-0.05, 0) is 30.0 Å². The molecule has 0 unspecified atom stereocenters. The Kier molecular flexibility index (Phi) is 6.46. The van der Waals surface area contributed by atoms with Crippen LogP contribution in [0.2, 0.25) is 0 Å². The summed E-state index contributed by atoms with van der Waals surface area (Å²) >= 11 is 0. The van der Waals surface area contributed by atoms with Crippen molar-refractivity contribution in [1.82, 2.24) is 5.48 Å². The molecule has 5 heteroatoms. The Morgan fingerprint density at radius 1 is 1.30 bits per heavy atom. The lowest BCUT2D eigenvalue weighted by Gasteiger charge is -2.09. The maximum Gasteiger partial charge on any atom is 0.267 e. The van der Waals surface area contributed by atoms with Crippen molar-refractivity contribution in [2.75, 3.05) is 5.32 Å². The second-order valence-electron chi connectivity index (χ2n) is 4.88. The van der Waals surface area contributed by atoms with Gasteiger partial charge in [-0.3, -0.25) is 14.8 Å². The summed E-state index contributed by atoms with van der Waals surface area (Å²) in [6.45, 7) is 4.13. The van der Waals surface area contributed by atoms with Gasteiger partial charge in [-0.25, -0.2) is 5.48 Å². The minimum absolute atomic E-state index is 0.0499. The number of rotatable bonds is 6. The molecular formula is C15H20N2O3. The van der Waals surface area contributed by atoms with E-state index in [9.17, 15) is 9.59 Å². The molecule has 0 saturated carbocycles. The van der Waals surface area contributed by atoms with Gasteiger partial charge in [0.1, 0.15) is 0 Å². The standard InChI is InChI=1S/C15H20N2O3/c1-11(2)7-9-14(18)16-13-6-4-3-5-12(13)8-10-15(19)17-20/h3-6,8,10-11,20H,7,9H2,1-2H3,(H,16,18)(H,17,19)/b10-8+. The maximum absolute atomic E-state index is 11.8. The largest absolute Gasteiger partial charge is 0.326 e. The molecule has 5 nitrogen and oxygen atoms in total. The Balaban J connectivity index is 2.72. The zero-order chi connectivity index (χ0) is 15.0. The molecule has 1 aromatic rings. The van der Waals surface area contributed by atoms with Crippen LogP contribution < -0.4 is 10.8 Å². The first-order valence-electron chi connectivity index (χ1n) is 6.54. The third kappa shape index (κ3) is 5.67. The van der Waals surface area contributed by atoms with E-state index in [1.165, 1.54) is 17.6 Å². The summed E-state index contributed by atoms with van der Waals surface area (Å²) in [7, 11) is 0. The highest BCUT2D eigenvalue weighted by atomic mass is 16.5. The smallest absolute Gasteiger partial charge is 0.267 e. The van der Waals surface area contributed by atoms with Crippen molar-refractivity contribution in [2.45, 2.75) is 26.7 Å². The molecule has 1 aromatic carbocycles. The van der Waals surface area contributed by atoms with Gasteiger partial charge >= 0.3 is 0 Å². The third-order valence-corrected chi connectivity index (χ3v) is 2.71. The van der Waals surface area contributed by atoms with Gasteiger partial charge in [0.05, 0.1) is 0 Å². The molecule has 0 aliphatic carbocycles. The Morgan fingerprint density at radius 3 is 2.65 bits per heavy atom. The van der Waals surface area contributed by atoms with E-state index in [0.29, 0.717) is 23.6 Å². The summed E-state index contributed by atoms with van der Waals surface area (Å²) in [5.74, 6) is -0.193. The SMILES string of the molecule is CC(C)CCC(=O)Nc1ccccc1/C=C/C(=O)NO. The van der Waals surface area contributed by atoms with E-state index in [2.05, 4.69) is 19.2 Å². The van der Waals surface area contributed by atoms with Crippen LogP contribution in [-0.4, -0.2) is 17.0 Å². The van der Waals surface area contributed by atoms with E-state index in [4.69, 9.17) is 5.21 Å². The molecule has 0 atom stereocenters. The molecule has 0 bridgehead atoms. The lowest BCUT2D eigenvalue weighted by Crippen LogP contribution is -2.15. The Labute approximate surface area is 118 Å². The zero-order valence-corrected chi connectivity index (χ0v) is 11.7. The normalized spacial score (nSPS) is 10.8. The molecular weight excluding hydrogens is 256 g/mol. The monoisotopic (exact) mass is 276 g/mol. The number of carbonyl (C=O) groups is 2. The molecule has 0 saturated heterocycles. The molecule has 20 heavy (non-hydrogen) atoms. The third-order valence-electron chi connectivity index (χ3n) is 2.71. The van der Waals surface area contributed by atoms with Gasteiger partial charge in [-0.2, -0.15) is 0 Å². The van der Waals surface area contributed by atoms with E-state index in [0.717, 1.165) is 6.42 Å². The molecule has 0 heterocycles. The van der Waals surface area contributed by atoms with Crippen LogP contribution in [0.1, 0.15) is 32.3 Å². The highest BCUT2D eigenvalue weighted by Gasteiger charge is 2.06. The Bertz CT molecular complexity index is 496. The predicted octanol–water partition coefficient (Wildman–Crippen LogP) is 2.58. The average Bonchev–Trinajstić information content (AvgIpc) is 2.43. The number of carbonyl (C=O) groups excluding carboxylic acids is 2. The lowest BCUT2D eigenvalue weighted by molar-refractivity contribution is -0.124. The molecule has 0 aliphatic heterocycles. The van der Waals surface area contributed by atoms with Crippen molar-refractivity contribution in [3.8, 4) is 0 Å². The van der Waals surface area contributed by atoms with Gasteiger partial charge in [0.2, 0.25) is 5.91 Å². The molecule has 0 fully saturated rings. The van der Waals surface area contributed by atoms with Gasteiger partial charge < -0.3 is 5.32 Å². The summed E-state index contributed by atoms with van der Waals surface area (Å²) in [5.41, 5.74) is 2.86. The summed E-state index contributed by atoms with van der Waals surface area (Å²) in [5, 5.41) is 11.3. The molecule has 0 aromatic heterocycles. The first-order valence-corrected chi connectivity index (χ1v) is 6.54. The fourth-order valence-corrected chi connectivity index (χ4v) is 1.59. The highest BCUT2D eigenvalue weighted by molar-refractivity contribution is 5.95. The fourth-order valence-electron chi connectivity index (χ4n) is 1.59. The van der Waals surface area contributed by atoms with Gasteiger partial charge in [-0.1, -0.05) is 32.0 Å². The first kappa shape index (κ1) is 15.9. The van der Waals surface area contributed by atoms with Crippen LogP contribution in [0.5, 0.6) is 0 Å². The summed E-state index contributed by atoms with van der Waals surface area (Å²) < 4.78 is 0. The van der Waals surface area contributed by atoms with Crippen molar-refractivity contribution in [1.29, 1.82) is 0 Å². The number of hydrogen-bond acceptors (Lipinski definition) is 3. The Morgan fingerprint density at radius 2 is 2.00 bits per heavy atom. The fraction of sp³-hybridized carbons (Fsp3) is 0.333. The first-order chi connectivity index (χ1) is 9.52. The van der Waals surface area contributed by atoms with Crippen LogP contribution in [0.4, 0.5) is 5.69 Å². The number of hydrogen-bond donors (Lipinski definition) is 3. The number of amides is 2. The van der Waals surface area contributed by atoms with Crippen molar-refractivity contribution in [2.24, 2.45) is 5.92 Å². The van der Waals surface area contributed by atoms with Crippen molar-refractivity contribution in [3.63, 3.8) is 0 Å². The molecule has 0 aliphatic rings. The second kappa shape index (κ2) is 8.12. The molecule has 0 spiro atoms. The quantitative estimate of drug-likeness (QED) is 0.424. The zero-order valence-electron chi connectivity index (χ0n) is 11.7. The van der Waals surface area contributed by atoms with Crippen LogP contribution in [0.3, 0.4) is 0 Å². The van der Waals surface area contributed by atoms with Crippen LogP contribution in [0, 0.1) is 5.92 Å². The summed E-state index contributed by atoms with van der Waals surface area (Å²) in [4.78, 5) is 22.8. The summed E-state index contributed by atoms with van der Waals surface area (Å²) in [6, 6.07) is 7.16. The second-order valence-corrected chi connectivity index (χ2v) is 4.88. The molecule has 2 amide bonds. The van der Waals surface area contributed by atoms with Gasteiger partial charge in [-0.15, -0.1) is 0 Å². The molecule has 108 valence electrons. The van der Waals surface area contributed by atoms with E-state index < -0.39 is 5.91 Å². The van der Waals surface area contributed by atoms with Gasteiger partial charge in [0.25, 0.3) is 5.91 Å². The average molecular weight is 276 g/mol. The topological polar surface area (TPSA) is 78.4 Å². The van der Waals surface area contributed by atoms with Crippen molar-refractivity contribution >= 4 is 23.6 Å². The predicted molar refractivity (Wildman–Crippen MR) is 78.1 cm³/mol. The number of benzene rings is 1. The minimum Gasteiger partial charge on any atom is -0.326 e. The van der Waals surface area contributed by atoms with Gasteiger partial charge in [0, 0.05) is 18.2 Å². The molecule has 0 radical (unpaired) electrons. The van der Waals surface area contributed by atoms with Crippen LogP contribution in [-0.2, 0) is 9.59 Å². The van der Waals surface area contributed by atoms with Gasteiger partial charge in [0.15, 0.2) is 0 Å². The molecule has 3 N–H and O–H groups in total. The summed E-state index contributed by atoms with van der Waals surface area (Å²) in [6.07, 6.45) is 4.02. The van der Waals surface area contributed by atoms with E-state index in [1.807, 2.05) is 6.07 Å². The lowest BCUT2D eigenvalue weighted by atomic mass is 10.1. The minimum atomic E-state index is -0.620. The van der Waals surface area contributed by atoms with Crippen LogP contribution in [0.25, 0.3) is 6.08 Å². The van der Waals surface area contributed by atoms with Crippen LogP contribution >= 0.6 is 0 Å². The number of para-hydroxylation sites is 1. The van der Waals surface area contributed by atoms with E-state index in [1.54, 1.807) is 18.2 Å². The number of nitrogens with one attached hydrogen (secondary N) is 2. The number of anilines is 1. The maximum atomic E-state index is 11.8. The van der Waals surface area contributed by atoms with Crippen LogP contribution in [0.15, 0.2) is 30.3 Å². The van der Waals surface area contributed by atoms with Crippen molar-refractivity contribution in [3.05, 3.63) is 35.9 Å². The van der Waals surface area contributed by atoms with E-state index in [-0.39, 0.29) is 5.91 Å². The number of hydroxylamine groups is 1.